The molecule has 94 valence electrons. The molecule has 1 aromatic carbocycles. The third-order valence-corrected chi connectivity index (χ3v) is 5.14. The summed E-state index contributed by atoms with van der Waals surface area (Å²) in [6.07, 6.45) is 1.85. The van der Waals surface area contributed by atoms with Gasteiger partial charge in [0.15, 0.2) is 0 Å². The molecule has 3 nitrogen and oxygen atoms in total. The number of nitrogens with zero attached hydrogens (tertiary/aromatic N) is 1. The van der Waals surface area contributed by atoms with E-state index in [0.29, 0.717) is 5.69 Å². The van der Waals surface area contributed by atoms with Gasteiger partial charge in [0.2, 0.25) is 0 Å². The minimum absolute atomic E-state index is 0.124. The molecule has 1 N–H and O–H groups in total. The summed E-state index contributed by atoms with van der Waals surface area (Å²) >= 11 is 8.99. The van der Waals surface area contributed by atoms with Gasteiger partial charge >= 0.3 is 0 Å². The minimum Gasteiger partial charge on any atom is -0.345 e. The molecule has 0 spiro atoms. The average molecular weight is 484 g/mol. The highest BCUT2D eigenvalue weighted by Crippen LogP contribution is 2.23. The molecule has 6 heteroatoms. The summed E-state index contributed by atoms with van der Waals surface area (Å²) < 4.78 is 4.74. The van der Waals surface area contributed by atoms with Gasteiger partial charge in [-0.2, -0.15) is 0 Å². The summed E-state index contributed by atoms with van der Waals surface area (Å²) in [5, 5.41) is 2.87. The molecule has 1 aromatic heterocycles. The lowest BCUT2D eigenvalue weighted by molar-refractivity contribution is 0.101. The maximum atomic E-state index is 12.1. The molecule has 18 heavy (non-hydrogen) atoms. The van der Waals surface area contributed by atoms with Crippen molar-refractivity contribution in [2.24, 2.45) is 7.05 Å². The molecule has 2 aromatic rings. The number of benzene rings is 1. The van der Waals surface area contributed by atoms with Crippen LogP contribution >= 0.6 is 54.5 Å². The first-order chi connectivity index (χ1) is 8.47. The first kappa shape index (κ1) is 14.1. The molecule has 0 bridgehead atoms. The Kier molecular flexibility index (Phi) is 4.50. The number of rotatable bonds is 2. The van der Waals surface area contributed by atoms with Crippen molar-refractivity contribution < 1.29 is 4.79 Å². The summed E-state index contributed by atoms with van der Waals surface area (Å²) in [6, 6.07) is 7.49. The van der Waals surface area contributed by atoms with Crippen LogP contribution in [-0.4, -0.2) is 10.5 Å². The van der Waals surface area contributed by atoms with Crippen molar-refractivity contribution in [3.05, 3.63) is 48.7 Å². The van der Waals surface area contributed by atoms with E-state index in [1.807, 2.05) is 31.4 Å². The molecule has 0 aliphatic heterocycles. The number of aryl methyl sites for hydroxylation is 1. The number of hydrogen-bond acceptors (Lipinski definition) is 1. The molecule has 0 radical (unpaired) electrons. The SMILES string of the molecule is Cn1cc(Br)cc1C(=O)Nc1ccc(Br)c(I)c1. The average Bonchev–Trinajstić information content (AvgIpc) is 2.63. The van der Waals surface area contributed by atoms with Gasteiger partial charge in [0.05, 0.1) is 0 Å². The van der Waals surface area contributed by atoms with E-state index in [4.69, 9.17) is 0 Å². The smallest absolute Gasteiger partial charge is 0.272 e. The van der Waals surface area contributed by atoms with E-state index in [0.717, 1.165) is 18.2 Å². The Hall–Kier alpha value is -0.340. The van der Waals surface area contributed by atoms with Crippen LogP contribution < -0.4 is 5.32 Å². The van der Waals surface area contributed by atoms with Gasteiger partial charge in [0.25, 0.3) is 5.91 Å². The maximum absolute atomic E-state index is 12.1. The Morgan fingerprint density at radius 1 is 1.33 bits per heavy atom. The zero-order chi connectivity index (χ0) is 13.3. The fourth-order valence-corrected chi connectivity index (χ4v) is 2.80. The highest BCUT2D eigenvalue weighted by atomic mass is 127. The van der Waals surface area contributed by atoms with Crippen molar-refractivity contribution in [3.63, 3.8) is 0 Å². The molecule has 0 atom stereocenters. The Morgan fingerprint density at radius 2 is 2.06 bits per heavy atom. The third kappa shape index (κ3) is 3.16. The molecule has 2 rings (SSSR count). The predicted octanol–water partition coefficient (Wildman–Crippen LogP) is 4.41. The van der Waals surface area contributed by atoms with Gasteiger partial charge in [-0.25, -0.2) is 0 Å². The van der Waals surface area contributed by atoms with Crippen LogP contribution in [0.3, 0.4) is 0 Å². The summed E-state index contributed by atoms with van der Waals surface area (Å²) in [7, 11) is 1.84. The Balaban J connectivity index is 2.21. The Labute approximate surface area is 135 Å². The van der Waals surface area contributed by atoms with Gasteiger partial charge in [-0.1, -0.05) is 0 Å². The van der Waals surface area contributed by atoms with E-state index in [9.17, 15) is 4.79 Å². The van der Waals surface area contributed by atoms with E-state index < -0.39 is 0 Å². The summed E-state index contributed by atoms with van der Waals surface area (Å²) in [5.41, 5.74) is 1.39. The van der Waals surface area contributed by atoms with Crippen molar-refractivity contribution in [2.45, 2.75) is 0 Å². The number of nitrogens with one attached hydrogen (secondary N) is 1. The number of amides is 1. The first-order valence-corrected chi connectivity index (χ1v) is 7.72. The zero-order valence-corrected chi connectivity index (χ0v) is 14.7. The van der Waals surface area contributed by atoms with E-state index >= 15 is 0 Å². The molecule has 0 aliphatic carbocycles. The van der Waals surface area contributed by atoms with Crippen molar-refractivity contribution in [3.8, 4) is 0 Å². The largest absolute Gasteiger partial charge is 0.345 e. The van der Waals surface area contributed by atoms with Gasteiger partial charge in [-0.05, 0) is 78.7 Å². The lowest BCUT2D eigenvalue weighted by Gasteiger charge is -2.07. The van der Waals surface area contributed by atoms with Crippen LogP contribution in [0.2, 0.25) is 0 Å². The predicted molar refractivity (Wildman–Crippen MR) is 87.9 cm³/mol. The number of anilines is 1. The van der Waals surface area contributed by atoms with Crippen molar-refractivity contribution >= 4 is 66.0 Å². The monoisotopic (exact) mass is 482 g/mol. The maximum Gasteiger partial charge on any atom is 0.272 e. The van der Waals surface area contributed by atoms with Crippen LogP contribution in [-0.2, 0) is 7.05 Å². The normalized spacial score (nSPS) is 10.4. The van der Waals surface area contributed by atoms with Crippen LogP contribution in [0.15, 0.2) is 39.4 Å². The van der Waals surface area contributed by atoms with Crippen molar-refractivity contribution in [1.82, 2.24) is 4.57 Å². The molecule has 0 saturated heterocycles. The lowest BCUT2D eigenvalue weighted by Crippen LogP contribution is -2.15. The minimum atomic E-state index is -0.124. The van der Waals surface area contributed by atoms with Gasteiger partial charge in [-0.15, -0.1) is 0 Å². The Morgan fingerprint density at radius 3 is 2.61 bits per heavy atom. The quantitative estimate of drug-likeness (QED) is 0.631. The first-order valence-electron chi connectivity index (χ1n) is 5.05. The van der Waals surface area contributed by atoms with Crippen LogP contribution in [0.1, 0.15) is 10.5 Å². The third-order valence-electron chi connectivity index (χ3n) is 2.38. The molecular formula is C12H9Br2IN2O. The van der Waals surface area contributed by atoms with Crippen LogP contribution in [0.4, 0.5) is 5.69 Å². The van der Waals surface area contributed by atoms with Crippen LogP contribution in [0.25, 0.3) is 0 Å². The van der Waals surface area contributed by atoms with Crippen molar-refractivity contribution in [2.75, 3.05) is 5.32 Å². The van der Waals surface area contributed by atoms with Gasteiger partial charge in [0, 0.05) is 31.4 Å². The molecule has 1 amide bonds. The van der Waals surface area contributed by atoms with Gasteiger partial charge in [-0.3, -0.25) is 4.79 Å². The number of aromatic nitrogens is 1. The second kappa shape index (κ2) is 5.75. The number of carbonyl (C=O) groups excluding carboxylic acids is 1. The molecule has 0 aliphatic rings. The number of carbonyl (C=O) groups is 1. The second-order valence-electron chi connectivity index (χ2n) is 3.74. The number of hydrogen-bond donors (Lipinski definition) is 1. The van der Waals surface area contributed by atoms with E-state index in [2.05, 4.69) is 59.8 Å². The summed E-state index contributed by atoms with van der Waals surface area (Å²) in [6.45, 7) is 0. The van der Waals surface area contributed by atoms with Crippen LogP contribution in [0, 0.1) is 3.57 Å². The lowest BCUT2D eigenvalue weighted by atomic mass is 10.3. The fourth-order valence-electron chi connectivity index (χ4n) is 1.52. The second-order valence-corrected chi connectivity index (χ2v) is 6.67. The number of halogens is 3. The van der Waals surface area contributed by atoms with E-state index in [1.54, 1.807) is 10.6 Å². The summed E-state index contributed by atoms with van der Waals surface area (Å²) in [5.74, 6) is -0.124. The highest BCUT2D eigenvalue weighted by Gasteiger charge is 2.11. The van der Waals surface area contributed by atoms with Crippen LogP contribution in [0.5, 0.6) is 0 Å². The molecule has 0 unspecified atom stereocenters. The van der Waals surface area contributed by atoms with E-state index in [-0.39, 0.29) is 5.91 Å². The molecular weight excluding hydrogens is 475 g/mol. The molecule has 0 saturated carbocycles. The fraction of sp³-hybridized carbons (Fsp3) is 0.0833. The topological polar surface area (TPSA) is 34.0 Å². The van der Waals surface area contributed by atoms with Gasteiger partial charge < -0.3 is 9.88 Å². The van der Waals surface area contributed by atoms with Gasteiger partial charge in [0.1, 0.15) is 5.69 Å². The van der Waals surface area contributed by atoms with Crippen molar-refractivity contribution in [1.29, 1.82) is 0 Å². The summed E-state index contributed by atoms with van der Waals surface area (Å²) in [4.78, 5) is 12.1. The molecule has 0 fully saturated rings. The molecule has 1 heterocycles. The highest BCUT2D eigenvalue weighted by molar-refractivity contribution is 14.1. The zero-order valence-electron chi connectivity index (χ0n) is 9.38. The van der Waals surface area contributed by atoms with E-state index in [1.165, 1.54) is 0 Å². The Bertz CT molecular complexity index is 610. The standard InChI is InChI=1S/C12H9Br2IN2O/c1-17-6-7(13)4-11(17)12(18)16-8-2-3-9(14)10(15)5-8/h2-6H,1H3,(H,16,18).